The van der Waals surface area contributed by atoms with Gasteiger partial charge in [0.05, 0.1) is 50.5 Å². The van der Waals surface area contributed by atoms with Gasteiger partial charge in [0.1, 0.15) is 23.8 Å². The minimum atomic E-state index is -0.100. The number of fused-ring (bicyclic) bond motifs is 8. The van der Waals surface area contributed by atoms with Gasteiger partial charge in [-0.1, -0.05) is 121 Å². The largest absolute Gasteiger partial charge is 0.354 e. The topological polar surface area (TPSA) is 142 Å². The molecule has 8 heteroatoms. The fraction of sp³-hybridized carbons (Fsp3) is 0. The summed E-state index contributed by atoms with van der Waals surface area (Å²) in [7, 11) is 0. The van der Waals surface area contributed by atoms with Crippen molar-refractivity contribution in [1.82, 2.24) is 19.5 Å². The first-order valence-electron chi connectivity index (χ1n) is 17.7. The molecule has 0 unspecified atom stereocenters. The third-order valence-corrected chi connectivity index (χ3v) is 9.93. The van der Waals surface area contributed by atoms with Gasteiger partial charge >= 0.3 is 0 Å². The van der Waals surface area contributed by atoms with Gasteiger partial charge in [-0.3, -0.25) is 0 Å². The molecule has 0 spiro atoms. The van der Waals surface area contributed by atoms with Crippen LogP contribution in [0.5, 0.6) is 0 Å². The van der Waals surface area contributed by atoms with Gasteiger partial charge in [0.25, 0.3) is 0 Å². The third kappa shape index (κ3) is 5.44. The number of aromatic amines is 1. The first-order valence-corrected chi connectivity index (χ1v) is 17.7. The molecule has 0 atom stereocenters. The highest BCUT2D eigenvalue weighted by atomic mass is 15.0. The molecule has 8 nitrogen and oxygen atoms in total. The average molecular weight is 715 g/mol. The number of nitriles is 4. The summed E-state index contributed by atoms with van der Waals surface area (Å²) in [6.45, 7) is 0. The van der Waals surface area contributed by atoms with E-state index >= 15 is 0 Å². The van der Waals surface area contributed by atoms with Gasteiger partial charge in [0.2, 0.25) is 0 Å². The summed E-state index contributed by atoms with van der Waals surface area (Å²) in [6.07, 6.45) is 5.80. The lowest BCUT2D eigenvalue weighted by molar-refractivity contribution is 1.18. The molecule has 3 aromatic heterocycles. The summed E-state index contributed by atoms with van der Waals surface area (Å²) < 4.78 is 1.18. The zero-order valence-electron chi connectivity index (χ0n) is 29.6. The molecule has 0 fully saturated rings. The summed E-state index contributed by atoms with van der Waals surface area (Å²) >= 11 is 0. The Bertz CT molecular complexity index is 3140. The highest BCUT2D eigenvalue weighted by Gasteiger charge is 2.31. The van der Waals surface area contributed by atoms with E-state index in [2.05, 4.69) is 47.6 Å². The highest BCUT2D eigenvalue weighted by molar-refractivity contribution is 6.12. The third-order valence-electron chi connectivity index (χ3n) is 9.93. The predicted molar refractivity (Wildman–Crippen MR) is 217 cm³/mol. The van der Waals surface area contributed by atoms with Crippen molar-refractivity contribution >= 4 is 45.4 Å². The van der Waals surface area contributed by atoms with E-state index in [0.29, 0.717) is 22.7 Å². The number of aromatic nitrogens is 4. The van der Waals surface area contributed by atoms with Crippen molar-refractivity contribution in [1.29, 1.82) is 21.0 Å². The number of hydrogen-bond donors (Lipinski definition) is 1. The Morgan fingerprint density at radius 3 is 1.57 bits per heavy atom. The second-order valence-electron chi connectivity index (χ2n) is 13.1. The van der Waals surface area contributed by atoms with E-state index in [0.717, 1.165) is 50.0 Å². The minimum absolute atomic E-state index is 0.0139. The molecule has 5 heterocycles. The van der Waals surface area contributed by atoms with Crippen LogP contribution in [-0.4, -0.2) is 19.5 Å². The Morgan fingerprint density at radius 1 is 0.500 bits per heavy atom. The van der Waals surface area contributed by atoms with Gasteiger partial charge in [-0.15, -0.1) is 0 Å². The Hall–Kier alpha value is -8.56. The molecule has 2 aliphatic rings. The molecule has 7 aromatic rings. The van der Waals surface area contributed by atoms with E-state index in [1.807, 2.05) is 121 Å². The Morgan fingerprint density at radius 2 is 1.02 bits per heavy atom. The van der Waals surface area contributed by atoms with Crippen LogP contribution in [0, 0.1) is 45.4 Å². The van der Waals surface area contributed by atoms with Gasteiger partial charge in [-0.25, -0.2) is 14.5 Å². The van der Waals surface area contributed by atoms with E-state index < -0.39 is 0 Å². The molecule has 1 N–H and O–H groups in total. The summed E-state index contributed by atoms with van der Waals surface area (Å²) in [5, 5.41) is 43.1. The van der Waals surface area contributed by atoms with Crippen LogP contribution in [0.2, 0.25) is 0 Å². The zero-order valence-corrected chi connectivity index (χ0v) is 29.6. The number of nitrogens with zero attached hydrogens (tertiary/aromatic N) is 7. The quantitative estimate of drug-likeness (QED) is 0.192. The van der Waals surface area contributed by atoms with Crippen LogP contribution in [0.1, 0.15) is 50.6 Å². The first-order chi connectivity index (χ1) is 27.6. The van der Waals surface area contributed by atoms with Crippen molar-refractivity contribution in [2.24, 2.45) is 0 Å². The van der Waals surface area contributed by atoms with Crippen molar-refractivity contribution < 1.29 is 0 Å². The molecule has 0 radical (unpaired) electrons. The molecule has 56 heavy (non-hydrogen) atoms. The molecular formula is C48H26N8. The monoisotopic (exact) mass is 714 g/mol. The van der Waals surface area contributed by atoms with Crippen molar-refractivity contribution in [3.8, 4) is 46.7 Å². The van der Waals surface area contributed by atoms with Gasteiger partial charge in [-0.05, 0) is 52.6 Å². The van der Waals surface area contributed by atoms with E-state index in [1.54, 1.807) is 12.1 Å². The Balaban J connectivity index is 1.64. The Kier molecular flexibility index (Phi) is 8.19. The lowest BCUT2D eigenvalue weighted by Crippen LogP contribution is -1.97. The zero-order chi connectivity index (χ0) is 38.2. The number of benzene rings is 4. The first kappa shape index (κ1) is 33.3. The molecule has 258 valence electrons. The second-order valence-corrected chi connectivity index (χ2v) is 13.1. The molecule has 0 saturated carbocycles. The lowest BCUT2D eigenvalue weighted by Gasteiger charge is -2.13. The van der Waals surface area contributed by atoms with E-state index in [4.69, 9.17) is 9.97 Å². The van der Waals surface area contributed by atoms with Crippen LogP contribution in [0.15, 0.2) is 140 Å². The summed E-state index contributed by atoms with van der Waals surface area (Å²) in [5.74, 6) is 0. The number of hydrogen-bond acceptors (Lipinski definition) is 6. The van der Waals surface area contributed by atoms with Crippen LogP contribution in [0.4, 0.5) is 0 Å². The highest BCUT2D eigenvalue weighted by Crippen LogP contribution is 2.46. The van der Waals surface area contributed by atoms with Crippen LogP contribution in [-0.2, 0) is 0 Å². The Labute approximate surface area is 321 Å². The normalized spacial score (nSPS) is 11.7. The van der Waals surface area contributed by atoms with E-state index in [9.17, 15) is 21.0 Å². The average Bonchev–Trinajstić information content (AvgIpc) is 4.04. The molecule has 0 amide bonds. The second kappa shape index (κ2) is 13.8. The van der Waals surface area contributed by atoms with Crippen LogP contribution in [0.25, 0.3) is 67.6 Å². The van der Waals surface area contributed by atoms with Crippen LogP contribution < -0.4 is 0 Å². The summed E-state index contributed by atoms with van der Waals surface area (Å²) in [6, 6.07) is 52.0. The molecule has 0 aliphatic carbocycles. The lowest BCUT2D eigenvalue weighted by atomic mass is 9.88. The van der Waals surface area contributed by atoms with Gasteiger partial charge in [0.15, 0.2) is 6.19 Å². The number of rotatable bonds is 4. The maximum Gasteiger partial charge on any atom is 0.189 e. The number of H-pyrrole nitrogens is 1. The molecule has 8 bridgehead atoms. The molecule has 9 rings (SSSR count). The van der Waals surface area contributed by atoms with Crippen molar-refractivity contribution in [3.63, 3.8) is 0 Å². The minimum Gasteiger partial charge on any atom is -0.354 e. The number of nitrogens with one attached hydrogen (secondary N) is 1. The molecule has 2 aliphatic heterocycles. The smallest absolute Gasteiger partial charge is 0.189 e. The molecular weight excluding hydrogens is 689 g/mol. The fourth-order valence-electron chi connectivity index (χ4n) is 7.56. The fourth-order valence-corrected chi connectivity index (χ4v) is 7.56. The standard InChI is InChI=1S/C48H26N8/c49-26-38-39(27-50)48-40(28-51)46-42(31-15-7-2-8-16-31)43(32-17-9-3-10-18-32)47(55-46)44(33-19-11-4-12-20-33)45-37(30-13-5-1-6-14-30)24-36(54-45)23-34-21-22-35(53-34)25-41(38)56(48)29-52/h1-25,54H. The van der Waals surface area contributed by atoms with Crippen molar-refractivity contribution in [2.75, 3.05) is 0 Å². The van der Waals surface area contributed by atoms with Gasteiger partial charge < -0.3 is 4.98 Å². The predicted octanol–water partition coefficient (Wildman–Crippen LogP) is 10.2. The molecule has 0 saturated heterocycles. The van der Waals surface area contributed by atoms with Gasteiger partial charge in [-0.2, -0.15) is 21.0 Å². The summed E-state index contributed by atoms with van der Waals surface area (Å²) in [5.41, 5.74) is 10.1. The SMILES string of the molecule is N#Cc1c(C#N)c2c(C#N)c3nc(c(-c4ccccc4)c4[nH]c(cc5nc(cc1n2C#N)C=C5)cc4-c1ccccc1)C(c1ccccc1)=C3c1ccccc1. The van der Waals surface area contributed by atoms with E-state index in [-0.39, 0.29) is 33.4 Å². The maximum atomic E-state index is 11.2. The van der Waals surface area contributed by atoms with Gasteiger partial charge in [0, 0.05) is 27.8 Å². The molecule has 4 aromatic carbocycles. The maximum absolute atomic E-state index is 11.2. The van der Waals surface area contributed by atoms with Crippen LogP contribution >= 0.6 is 0 Å². The van der Waals surface area contributed by atoms with E-state index in [1.165, 1.54) is 4.57 Å². The summed E-state index contributed by atoms with van der Waals surface area (Å²) in [4.78, 5) is 14.0. The van der Waals surface area contributed by atoms with Crippen LogP contribution in [0.3, 0.4) is 0 Å². The van der Waals surface area contributed by atoms with Crippen molar-refractivity contribution in [2.45, 2.75) is 0 Å². The van der Waals surface area contributed by atoms with Crippen molar-refractivity contribution in [3.05, 3.63) is 190 Å².